The lowest BCUT2D eigenvalue weighted by molar-refractivity contribution is 0.662. The number of benzene rings is 12. The summed E-state index contributed by atoms with van der Waals surface area (Å²) in [6.07, 6.45) is 0. The molecule has 2 nitrogen and oxygen atoms in total. The van der Waals surface area contributed by atoms with E-state index < -0.39 is 0 Å². The Labute approximate surface area is 438 Å². The van der Waals surface area contributed by atoms with E-state index in [4.69, 9.17) is 0 Å². The molecule has 0 bridgehead atoms. The molecular formula is C73H52N2. The number of hydrogen-bond acceptors (Lipinski definition) is 1. The second-order valence-electron chi connectivity index (χ2n) is 20.5. The second kappa shape index (κ2) is 17.9. The smallest absolute Gasteiger partial charge is 0.0541 e. The van der Waals surface area contributed by atoms with Crippen molar-refractivity contribution in [3.05, 3.63) is 290 Å². The average molecular weight is 957 g/mol. The Balaban J connectivity index is 0.797. The molecule has 75 heavy (non-hydrogen) atoms. The first-order valence-corrected chi connectivity index (χ1v) is 26.1. The average Bonchev–Trinajstić information content (AvgIpc) is 4.01. The van der Waals surface area contributed by atoms with Crippen LogP contribution in [0, 0.1) is 0 Å². The zero-order valence-corrected chi connectivity index (χ0v) is 42.0. The maximum Gasteiger partial charge on any atom is 0.0541 e. The van der Waals surface area contributed by atoms with Gasteiger partial charge in [-0.25, -0.2) is 0 Å². The third-order valence-electron chi connectivity index (χ3n) is 15.8. The van der Waals surface area contributed by atoms with Crippen LogP contribution < -0.4 is 4.90 Å². The SMILES string of the molecule is CC1(C)c2ccccc2-c2cccc(-c3ccc(N(c4ccc(-c5ccc(-c6cccc(-c7ccc8ccccc8c7)c6)cc5)cc4)c4ccc(-c5cccc(-n6c7ccccc7c7ccccc76)c5)cc4)cc3)c21. The summed E-state index contributed by atoms with van der Waals surface area (Å²) >= 11 is 0. The molecule has 1 aliphatic rings. The predicted molar refractivity (Wildman–Crippen MR) is 318 cm³/mol. The predicted octanol–water partition coefficient (Wildman–Crippen LogP) is 20.0. The van der Waals surface area contributed by atoms with Gasteiger partial charge in [-0.2, -0.15) is 0 Å². The summed E-state index contributed by atoms with van der Waals surface area (Å²) in [5.74, 6) is 0. The first kappa shape index (κ1) is 44.2. The van der Waals surface area contributed by atoms with E-state index in [-0.39, 0.29) is 5.41 Å². The minimum absolute atomic E-state index is 0.108. The highest BCUT2D eigenvalue weighted by molar-refractivity contribution is 6.09. The molecule has 0 saturated heterocycles. The number of para-hydroxylation sites is 2. The lowest BCUT2D eigenvalue weighted by Crippen LogP contribution is -2.16. The first-order valence-electron chi connectivity index (χ1n) is 26.1. The normalized spacial score (nSPS) is 12.5. The summed E-state index contributed by atoms with van der Waals surface area (Å²) in [5.41, 5.74) is 24.2. The van der Waals surface area contributed by atoms with Gasteiger partial charge in [-0.3, -0.25) is 0 Å². The fraction of sp³-hybridized carbons (Fsp3) is 0.0411. The molecule has 1 aliphatic carbocycles. The van der Waals surface area contributed by atoms with Gasteiger partial charge >= 0.3 is 0 Å². The Kier molecular flexibility index (Phi) is 10.6. The highest BCUT2D eigenvalue weighted by atomic mass is 15.1. The van der Waals surface area contributed by atoms with Gasteiger partial charge in [-0.05, 0) is 161 Å². The molecule has 0 spiro atoms. The molecule has 0 amide bonds. The van der Waals surface area contributed by atoms with E-state index in [0.29, 0.717) is 0 Å². The fourth-order valence-electron chi connectivity index (χ4n) is 12.1. The summed E-state index contributed by atoms with van der Waals surface area (Å²) in [6, 6.07) is 102. The monoisotopic (exact) mass is 956 g/mol. The minimum Gasteiger partial charge on any atom is -0.311 e. The summed E-state index contributed by atoms with van der Waals surface area (Å²) in [5, 5.41) is 5.04. The van der Waals surface area contributed by atoms with E-state index in [1.807, 2.05) is 0 Å². The van der Waals surface area contributed by atoms with Crippen LogP contribution in [0.15, 0.2) is 279 Å². The molecule has 0 aliphatic heterocycles. The molecule has 14 rings (SSSR count). The molecule has 0 fully saturated rings. The molecule has 12 aromatic carbocycles. The van der Waals surface area contributed by atoms with Crippen molar-refractivity contribution >= 4 is 49.6 Å². The zero-order valence-electron chi connectivity index (χ0n) is 42.0. The van der Waals surface area contributed by atoms with Crippen molar-refractivity contribution in [2.75, 3.05) is 4.90 Å². The molecular weight excluding hydrogens is 905 g/mol. The van der Waals surface area contributed by atoms with Gasteiger partial charge in [0.25, 0.3) is 0 Å². The van der Waals surface area contributed by atoms with Gasteiger partial charge in [0.15, 0.2) is 0 Å². The number of hydrogen-bond donors (Lipinski definition) is 0. The Morgan fingerprint density at radius 2 is 0.720 bits per heavy atom. The van der Waals surface area contributed by atoms with Gasteiger partial charge in [0.1, 0.15) is 0 Å². The van der Waals surface area contributed by atoms with E-state index in [2.05, 4.69) is 302 Å². The molecule has 0 saturated carbocycles. The van der Waals surface area contributed by atoms with Crippen LogP contribution in [-0.4, -0.2) is 4.57 Å². The van der Waals surface area contributed by atoms with Crippen molar-refractivity contribution in [2.24, 2.45) is 0 Å². The second-order valence-corrected chi connectivity index (χ2v) is 20.5. The van der Waals surface area contributed by atoms with Crippen molar-refractivity contribution in [1.29, 1.82) is 0 Å². The highest BCUT2D eigenvalue weighted by Crippen LogP contribution is 2.52. The van der Waals surface area contributed by atoms with E-state index >= 15 is 0 Å². The first-order chi connectivity index (χ1) is 36.9. The summed E-state index contributed by atoms with van der Waals surface area (Å²) < 4.78 is 2.39. The molecule has 1 heterocycles. The third-order valence-corrected chi connectivity index (χ3v) is 15.8. The zero-order chi connectivity index (χ0) is 50.0. The number of nitrogens with zero attached hydrogens (tertiary/aromatic N) is 2. The molecule has 0 unspecified atom stereocenters. The van der Waals surface area contributed by atoms with Crippen LogP contribution in [0.4, 0.5) is 17.1 Å². The molecule has 0 radical (unpaired) electrons. The van der Waals surface area contributed by atoms with Gasteiger partial charge in [-0.1, -0.05) is 220 Å². The van der Waals surface area contributed by atoms with Crippen LogP contribution in [0.2, 0.25) is 0 Å². The van der Waals surface area contributed by atoms with Crippen molar-refractivity contribution in [3.8, 4) is 72.4 Å². The molecule has 2 heteroatoms. The van der Waals surface area contributed by atoms with Crippen LogP contribution in [0.5, 0.6) is 0 Å². The molecule has 1 aromatic heterocycles. The number of rotatable bonds is 9. The largest absolute Gasteiger partial charge is 0.311 e. The Bertz CT molecular complexity index is 4240. The third kappa shape index (κ3) is 7.65. The van der Waals surface area contributed by atoms with Crippen molar-refractivity contribution < 1.29 is 0 Å². The van der Waals surface area contributed by atoms with Crippen LogP contribution in [0.3, 0.4) is 0 Å². The van der Waals surface area contributed by atoms with E-state index in [0.717, 1.165) is 28.3 Å². The van der Waals surface area contributed by atoms with Crippen molar-refractivity contribution in [1.82, 2.24) is 4.57 Å². The van der Waals surface area contributed by atoms with Crippen LogP contribution >= 0.6 is 0 Å². The number of anilines is 3. The fourth-order valence-corrected chi connectivity index (χ4v) is 12.1. The topological polar surface area (TPSA) is 8.17 Å². The molecule has 0 atom stereocenters. The van der Waals surface area contributed by atoms with Gasteiger partial charge in [0.05, 0.1) is 11.0 Å². The Morgan fingerprint density at radius 3 is 1.36 bits per heavy atom. The van der Waals surface area contributed by atoms with Gasteiger partial charge in [0.2, 0.25) is 0 Å². The molecule has 0 N–H and O–H groups in total. The van der Waals surface area contributed by atoms with E-state index in [1.165, 1.54) is 105 Å². The summed E-state index contributed by atoms with van der Waals surface area (Å²) in [4.78, 5) is 2.38. The Hall–Kier alpha value is -9.50. The van der Waals surface area contributed by atoms with Crippen LogP contribution in [-0.2, 0) is 5.41 Å². The quantitative estimate of drug-likeness (QED) is 0.140. The lowest BCUT2D eigenvalue weighted by Gasteiger charge is -2.27. The van der Waals surface area contributed by atoms with Gasteiger partial charge in [0, 0.05) is 38.9 Å². The number of fused-ring (bicyclic) bond motifs is 7. The summed E-state index contributed by atoms with van der Waals surface area (Å²) in [7, 11) is 0. The van der Waals surface area contributed by atoms with Crippen LogP contribution in [0.1, 0.15) is 25.0 Å². The standard InChI is InChI=1S/C73H52N2/c1-73(2)69-25-8-5-20-65(69)68-24-13-23-64(72(68)73)54-38-44-62(45-39-54)74(61-42-36-53(37-43-61)58-18-12-19-63(48-58)75-70-26-9-6-21-66(70)67-22-7-10-27-71(67)75)60-40-34-51(35-41-60)50-28-30-52(31-29-50)56-16-11-17-57(46-56)59-33-32-49-14-3-4-15-55(49)47-59/h3-48H,1-2H3. The van der Waals surface area contributed by atoms with Crippen molar-refractivity contribution in [3.63, 3.8) is 0 Å². The molecule has 13 aromatic rings. The van der Waals surface area contributed by atoms with Gasteiger partial charge < -0.3 is 9.47 Å². The minimum atomic E-state index is -0.108. The maximum absolute atomic E-state index is 2.39. The summed E-state index contributed by atoms with van der Waals surface area (Å²) in [6.45, 7) is 4.73. The van der Waals surface area contributed by atoms with E-state index in [1.54, 1.807) is 0 Å². The van der Waals surface area contributed by atoms with Crippen molar-refractivity contribution in [2.45, 2.75) is 19.3 Å². The maximum atomic E-state index is 2.39. The van der Waals surface area contributed by atoms with Crippen LogP contribution in [0.25, 0.3) is 105 Å². The van der Waals surface area contributed by atoms with Gasteiger partial charge in [-0.15, -0.1) is 0 Å². The Morgan fingerprint density at radius 1 is 0.293 bits per heavy atom. The molecule has 354 valence electrons. The van der Waals surface area contributed by atoms with E-state index in [9.17, 15) is 0 Å². The lowest BCUT2D eigenvalue weighted by atomic mass is 9.79. The highest BCUT2D eigenvalue weighted by Gasteiger charge is 2.37. The number of aromatic nitrogens is 1.